The number of hydrogen-bond acceptors (Lipinski definition) is 6. The smallest absolute Gasteiger partial charge is 0.291 e. The monoisotopic (exact) mass is 424 g/mol. The maximum absolute atomic E-state index is 12.4. The molecule has 0 saturated heterocycles. The number of sulfone groups is 1. The highest BCUT2D eigenvalue weighted by atomic mass is 32.2. The van der Waals surface area contributed by atoms with Crippen LogP contribution in [0.25, 0.3) is 0 Å². The van der Waals surface area contributed by atoms with Gasteiger partial charge in [-0.2, -0.15) is 5.26 Å². The first-order valence-electron chi connectivity index (χ1n) is 9.25. The highest BCUT2D eigenvalue weighted by molar-refractivity contribution is 7.90. The molecular weight excluding hydrogens is 404 g/mol. The fourth-order valence-corrected chi connectivity index (χ4v) is 3.94. The summed E-state index contributed by atoms with van der Waals surface area (Å²) in [5, 5.41) is 11.2. The number of ether oxygens (including phenoxy) is 1. The van der Waals surface area contributed by atoms with E-state index in [1.807, 2.05) is 6.07 Å². The van der Waals surface area contributed by atoms with Gasteiger partial charge in [-0.1, -0.05) is 24.3 Å². The van der Waals surface area contributed by atoms with Crippen molar-refractivity contribution in [2.24, 2.45) is 0 Å². The molecule has 1 N–H and O–H groups in total. The number of carbonyl (C=O) groups excluding carboxylic acids is 1. The molecular formula is C22H20N2O5S. The maximum atomic E-state index is 12.4. The lowest BCUT2D eigenvalue weighted by molar-refractivity contribution is 0.0995. The minimum atomic E-state index is -3.57. The fraction of sp³-hybridized carbons (Fsp3) is 0.182. The molecule has 2 aromatic carbocycles. The number of benzene rings is 2. The topological polar surface area (TPSA) is 109 Å². The number of nitrogens with one attached hydrogen (secondary N) is 1. The van der Waals surface area contributed by atoms with Gasteiger partial charge in [0.25, 0.3) is 5.91 Å². The first kappa shape index (κ1) is 21.1. The quantitative estimate of drug-likeness (QED) is 0.516. The predicted octanol–water partition coefficient (Wildman–Crippen LogP) is 4.19. The zero-order valence-electron chi connectivity index (χ0n) is 16.1. The van der Waals surface area contributed by atoms with Crippen LogP contribution in [0.2, 0.25) is 0 Å². The van der Waals surface area contributed by atoms with Crippen LogP contribution in [0, 0.1) is 11.3 Å². The molecule has 0 aliphatic carbocycles. The Morgan fingerprint density at radius 2 is 1.87 bits per heavy atom. The first-order chi connectivity index (χ1) is 14.5. The van der Waals surface area contributed by atoms with E-state index in [0.29, 0.717) is 30.9 Å². The molecule has 8 heteroatoms. The highest BCUT2D eigenvalue weighted by Gasteiger charge is 2.19. The maximum Gasteiger partial charge on any atom is 0.291 e. The van der Waals surface area contributed by atoms with Crippen LogP contribution in [0.1, 0.15) is 29.2 Å². The Bertz CT molecular complexity index is 1150. The largest absolute Gasteiger partial charge is 0.493 e. The lowest BCUT2D eigenvalue weighted by atomic mass is 10.3. The zero-order valence-corrected chi connectivity index (χ0v) is 16.9. The predicted molar refractivity (Wildman–Crippen MR) is 111 cm³/mol. The van der Waals surface area contributed by atoms with Crippen molar-refractivity contribution in [3.63, 3.8) is 0 Å². The summed E-state index contributed by atoms with van der Waals surface area (Å²) >= 11 is 0. The number of furan rings is 1. The molecule has 0 unspecified atom stereocenters. The number of nitriles is 1. The second-order valence-electron chi connectivity index (χ2n) is 6.43. The van der Waals surface area contributed by atoms with Crippen molar-refractivity contribution < 1.29 is 22.4 Å². The van der Waals surface area contributed by atoms with Gasteiger partial charge in [-0.3, -0.25) is 4.79 Å². The summed E-state index contributed by atoms with van der Waals surface area (Å²) in [4.78, 5) is 12.6. The molecule has 1 aromatic heterocycles. The van der Waals surface area contributed by atoms with Gasteiger partial charge in [0.2, 0.25) is 0 Å². The third kappa shape index (κ3) is 5.72. The molecule has 0 spiro atoms. The molecule has 0 saturated carbocycles. The number of amides is 1. The van der Waals surface area contributed by atoms with Crippen molar-refractivity contribution in [1.82, 2.24) is 0 Å². The average Bonchev–Trinajstić information content (AvgIpc) is 3.20. The van der Waals surface area contributed by atoms with Crippen LogP contribution in [-0.2, 0) is 15.6 Å². The minimum absolute atomic E-state index is 0.00797. The van der Waals surface area contributed by atoms with Gasteiger partial charge in [0.05, 0.1) is 17.6 Å². The van der Waals surface area contributed by atoms with E-state index in [1.165, 1.54) is 24.3 Å². The van der Waals surface area contributed by atoms with Gasteiger partial charge in [-0.05, 0) is 42.8 Å². The van der Waals surface area contributed by atoms with Crippen LogP contribution in [0.4, 0.5) is 5.69 Å². The normalized spacial score (nSPS) is 10.9. The van der Waals surface area contributed by atoms with Gasteiger partial charge in [0.15, 0.2) is 15.6 Å². The van der Waals surface area contributed by atoms with E-state index in [2.05, 4.69) is 5.32 Å². The fourth-order valence-electron chi connectivity index (χ4n) is 2.67. The van der Waals surface area contributed by atoms with Crippen molar-refractivity contribution in [2.75, 3.05) is 11.9 Å². The third-order valence-corrected chi connectivity index (χ3v) is 5.77. The molecule has 0 aliphatic rings. The molecule has 0 fully saturated rings. The third-order valence-electron chi connectivity index (χ3n) is 4.11. The summed E-state index contributed by atoms with van der Waals surface area (Å²) in [6, 6.07) is 19.9. The summed E-state index contributed by atoms with van der Waals surface area (Å²) in [5.74, 6) is -0.0805. The molecule has 1 heterocycles. The standard InChI is InChI=1S/C22H20N2O5S/c23-13-4-5-14-28-18-8-6-7-17(15-18)24-22(25)21-12-11-19(29-21)16-30(26,27)20-9-2-1-3-10-20/h1-3,6-12,15H,4-5,14,16H2,(H,24,25). The van der Waals surface area contributed by atoms with Crippen molar-refractivity contribution in [2.45, 2.75) is 23.5 Å². The van der Waals surface area contributed by atoms with Gasteiger partial charge < -0.3 is 14.5 Å². The van der Waals surface area contributed by atoms with E-state index in [1.54, 1.807) is 42.5 Å². The van der Waals surface area contributed by atoms with Crippen molar-refractivity contribution in [3.05, 3.63) is 78.3 Å². The van der Waals surface area contributed by atoms with Crippen LogP contribution < -0.4 is 10.1 Å². The Hall–Kier alpha value is -3.57. The van der Waals surface area contributed by atoms with Crippen molar-refractivity contribution >= 4 is 21.4 Å². The van der Waals surface area contributed by atoms with Crippen LogP contribution in [-0.4, -0.2) is 20.9 Å². The Morgan fingerprint density at radius 1 is 1.07 bits per heavy atom. The van der Waals surface area contributed by atoms with Gasteiger partial charge in [-0.25, -0.2) is 8.42 Å². The molecule has 154 valence electrons. The molecule has 0 radical (unpaired) electrons. The number of hydrogen-bond donors (Lipinski definition) is 1. The SMILES string of the molecule is N#CCCCOc1cccc(NC(=O)c2ccc(CS(=O)(=O)c3ccccc3)o2)c1. The van der Waals surface area contributed by atoms with Crippen LogP contribution >= 0.6 is 0 Å². The summed E-state index contributed by atoms with van der Waals surface area (Å²) in [6.07, 6.45) is 1.03. The lowest BCUT2D eigenvalue weighted by Crippen LogP contribution is -2.11. The molecule has 1 amide bonds. The zero-order chi connectivity index (χ0) is 21.4. The van der Waals surface area contributed by atoms with Crippen molar-refractivity contribution in [3.8, 4) is 11.8 Å². The second kappa shape index (κ2) is 9.76. The molecule has 7 nitrogen and oxygen atoms in total. The van der Waals surface area contributed by atoms with E-state index in [4.69, 9.17) is 14.4 Å². The minimum Gasteiger partial charge on any atom is -0.493 e. The molecule has 0 aliphatic heterocycles. The summed E-state index contributed by atoms with van der Waals surface area (Å²) < 4.78 is 35.9. The number of carbonyl (C=O) groups is 1. The van der Waals surface area contributed by atoms with Gasteiger partial charge in [-0.15, -0.1) is 0 Å². The molecule has 0 bridgehead atoms. The Morgan fingerprint density at radius 3 is 2.63 bits per heavy atom. The molecule has 3 rings (SSSR count). The second-order valence-corrected chi connectivity index (χ2v) is 8.42. The van der Waals surface area contributed by atoms with Crippen LogP contribution in [0.5, 0.6) is 5.75 Å². The van der Waals surface area contributed by atoms with Gasteiger partial charge in [0, 0.05) is 18.2 Å². The van der Waals surface area contributed by atoms with E-state index >= 15 is 0 Å². The number of rotatable bonds is 9. The summed E-state index contributed by atoms with van der Waals surface area (Å²) in [6.45, 7) is 0.405. The van der Waals surface area contributed by atoms with E-state index < -0.39 is 15.7 Å². The number of nitrogens with zero attached hydrogens (tertiary/aromatic N) is 1. The van der Waals surface area contributed by atoms with E-state index in [0.717, 1.165) is 0 Å². The Labute approximate surface area is 174 Å². The lowest BCUT2D eigenvalue weighted by Gasteiger charge is -2.08. The molecule has 30 heavy (non-hydrogen) atoms. The van der Waals surface area contributed by atoms with Gasteiger partial charge >= 0.3 is 0 Å². The first-order valence-corrected chi connectivity index (χ1v) is 10.9. The highest BCUT2D eigenvalue weighted by Crippen LogP contribution is 2.21. The van der Waals surface area contributed by atoms with Crippen molar-refractivity contribution in [1.29, 1.82) is 5.26 Å². The van der Waals surface area contributed by atoms with Crippen LogP contribution in [0.3, 0.4) is 0 Å². The number of anilines is 1. The van der Waals surface area contributed by atoms with E-state index in [9.17, 15) is 13.2 Å². The van der Waals surface area contributed by atoms with E-state index in [-0.39, 0.29) is 22.2 Å². The summed E-state index contributed by atoms with van der Waals surface area (Å²) in [7, 11) is -3.57. The van der Waals surface area contributed by atoms with Gasteiger partial charge in [0.1, 0.15) is 17.3 Å². The summed E-state index contributed by atoms with van der Waals surface area (Å²) in [5.41, 5.74) is 0.507. The Balaban J connectivity index is 1.62. The Kier molecular flexibility index (Phi) is 6.88. The molecule has 3 aromatic rings. The molecule has 0 atom stereocenters. The van der Waals surface area contributed by atoms with Crippen LogP contribution in [0.15, 0.2) is 76.0 Å². The number of unbranched alkanes of at least 4 members (excludes halogenated alkanes) is 1. The average molecular weight is 424 g/mol.